The molecule has 0 bridgehead atoms. The summed E-state index contributed by atoms with van der Waals surface area (Å²) in [4.78, 5) is 11.5. The van der Waals surface area contributed by atoms with Crippen LogP contribution in [0.4, 0.5) is 0 Å². The summed E-state index contributed by atoms with van der Waals surface area (Å²) in [6, 6.07) is 6.08. The summed E-state index contributed by atoms with van der Waals surface area (Å²) in [6.07, 6.45) is 4.38. The van der Waals surface area contributed by atoms with Crippen molar-refractivity contribution in [1.82, 2.24) is 4.57 Å². The molecule has 0 amide bonds. The van der Waals surface area contributed by atoms with E-state index in [2.05, 4.69) is 31.4 Å². The Morgan fingerprint density at radius 2 is 2.10 bits per heavy atom. The quantitative estimate of drug-likeness (QED) is 0.689. The van der Waals surface area contributed by atoms with E-state index < -0.39 is 0 Å². The van der Waals surface area contributed by atoms with E-state index in [0.29, 0.717) is 0 Å². The second kappa shape index (κ2) is 6.79. The van der Waals surface area contributed by atoms with Crippen molar-refractivity contribution in [2.24, 2.45) is 0 Å². The molecule has 1 atom stereocenters. The number of aryl methyl sites for hydroxylation is 1. The minimum atomic E-state index is 0.186. The molecule has 0 aliphatic rings. The number of carbonyl (C=O) groups excluding carboxylic acids is 1. The zero-order valence-corrected chi connectivity index (χ0v) is 13.5. The maximum absolute atomic E-state index is 11.5. The average molecular weight is 287 g/mol. The summed E-state index contributed by atoms with van der Waals surface area (Å²) in [5.41, 5.74) is 2.96. The topological polar surface area (TPSA) is 31.2 Å². The van der Waals surface area contributed by atoms with Crippen molar-refractivity contribution >= 4 is 17.2 Å². The Hall–Kier alpha value is -1.77. The van der Waals surface area contributed by atoms with Crippen LogP contribution < -0.4 is 4.74 Å². The van der Waals surface area contributed by atoms with E-state index in [0.717, 1.165) is 60.0 Å². The number of hydrogen-bond acceptors (Lipinski definition) is 2. The van der Waals surface area contributed by atoms with Crippen LogP contribution in [0, 0.1) is 6.92 Å². The van der Waals surface area contributed by atoms with E-state index in [4.69, 9.17) is 4.74 Å². The molecular weight excluding hydrogens is 262 g/mol. The highest BCUT2D eigenvalue weighted by molar-refractivity contribution is 6.00. The van der Waals surface area contributed by atoms with E-state index in [9.17, 15) is 4.79 Å². The highest BCUT2D eigenvalue weighted by Crippen LogP contribution is 2.29. The summed E-state index contributed by atoms with van der Waals surface area (Å²) in [7, 11) is 0. The summed E-state index contributed by atoms with van der Waals surface area (Å²) in [5, 5.41) is 0.999. The van der Waals surface area contributed by atoms with Crippen LogP contribution in [-0.2, 0) is 6.54 Å². The SMILES string of the molecule is CCCCn1c(C)c(C=O)c2cc(O[C@H](C)CC)ccc21. The van der Waals surface area contributed by atoms with E-state index in [1.807, 2.05) is 19.1 Å². The van der Waals surface area contributed by atoms with Gasteiger partial charge in [0, 0.05) is 28.7 Å². The predicted octanol–water partition coefficient (Wildman–Crippen LogP) is 4.74. The smallest absolute Gasteiger partial charge is 0.152 e. The highest BCUT2D eigenvalue weighted by Gasteiger charge is 2.14. The van der Waals surface area contributed by atoms with Gasteiger partial charge in [0.15, 0.2) is 6.29 Å². The lowest BCUT2D eigenvalue weighted by atomic mass is 10.1. The monoisotopic (exact) mass is 287 g/mol. The van der Waals surface area contributed by atoms with Crippen LogP contribution in [0.15, 0.2) is 18.2 Å². The lowest BCUT2D eigenvalue weighted by Gasteiger charge is -2.13. The normalized spacial score (nSPS) is 12.6. The number of aromatic nitrogens is 1. The Kier molecular flexibility index (Phi) is 5.05. The molecule has 0 radical (unpaired) electrons. The first-order valence-electron chi connectivity index (χ1n) is 7.87. The van der Waals surface area contributed by atoms with Crippen molar-refractivity contribution in [2.75, 3.05) is 0 Å². The summed E-state index contributed by atoms with van der Waals surface area (Å²) >= 11 is 0. The third kappa shape index (κ3) is 3.12. The third-order valence-corrected chi connectivity index (χ3v) is 4.11. The molecular formula is C18H25NO2. The Labute approximate surface area is 126 Å². The molecule has 0 saturated carbocycles. The summed E-state index contributed by atoms with van der Waals surface area (Å²) < 4.78 is 8.12. The highest BCUT2D eigenvalue weighted by atomic mass is 16.5. The minimum Gasteiger partial charge on any atom is -0.491 e. The van der Waals surface area contributed by atoms with Gasteiger partial charge in [-0.15, -0.1) is 0 Å². The molecule has 0 N–H and O–H groups in total. The molecule has 0 unspecified atom stereocenters. The van der Waals surface area contributed by atoms with Crippen LogP contribution in [0.1, 0.15) is 56.1 Å². The van der Waals surface area contributed by atoms with Gasteiger partial charge in [-0.1, -0.05) is 20.3 Å². The summed E-state index contributed by atoms with van der Waals surface area (Å²) in [6.45, 7) is 9.32. The number of nitrogens with zero attached hydrogens (tertiary/aromatic N) is 1. The molecule has 3 heteroatoms. The Bertz CT molecular complexity index is 628. The zero-order chi connectivity index (χ0) is 15.4. The van der Waals surface area contributed by atoms with Crippen LogP contribution >= 0.6 is 0 Å². The molecule has 0 spiro atoms. The number of rotatable bonds is 7. The number of fused-ring (bicyclic) bond motifs is 1. The molecule has 0 saturated heterocycles. The molecule has 3 nitrogen and oxygen atoms in total. The van der Waals surface area contributed by atoms with Crippen LogP contribution in [0.3, 0.4) is 0 Å². The van der Waals surface area contributed by atoms with Gasteiger partial charge < -0.3 is 9.30 Å². The molecule has 2 aromatic rings. The van der Waals surface area contributed by atoms with Crippen molar-refractivity contribution < 1.29 is 9.53 Å². The standard InChI is InChI=1S/C18H25NO2/c1-5-7-10-19-14(4)17(12-20)16-11-15(8-9-18(16)19)21-13(3)6-2/h8-9,11-13H,5-7,10H2,1-4H3/t13-/m1/s1. The second-order valence-electron chi connectivity index (χ2n) is 5.64. The van der Waals surface area contributed by atoms with Crippen LogP contribution in [0.5, 0.6) is 5.75 Å². The first kappa shape index (κ1) is 15.6. The zero-order valence-electron chi connectivity index (χ0n) is 13.5. The first-order valence-corrected chi connectivity index (χ1v) is 7.87. The number of hydrogen-bond donors (Lipinski definition) is 0. The van der Waals surface area contributed by atoms with Gasteiger partial charge in [-0.2, -0.15) is 0 Å². The number of aldehydes is 1. The van der Waals surface area contributed by atoms with E-state index in [1.165, 1.54) is 0 Å². The van der Waals surface area contributed by atoms with E-state index >= 15 is 0 Å². The molecule has 0 aliphatic carbocycles. The molecule has 1 aromatic heterocycles. The van der Waals surface area contributed by atoms with Gasteiger partial charge in [0.05, 0.1) is 6.10 Å². The minimum absolute atomic E-state index is 0.186. The number of unbranched alkanes of at least 4 members (excludes halogenated alkanes) is 1. The fraction of sp³-hybridized carbons (Fsp3) is 0.500. The molecule has 0 fully saturated rings. The largest absolute Gasteiger partial charge is 0.491 e. The second-order valence-corrected chi connectivity index (χ2v) is 5.64. The number of benzene rings is 1. The maximum Gasteiger partial charge on any atom is 0.152 e. The first-order chi connectivity index (χ1) is 10.1. The van der Waals surface area contributed by atoms with Gasteiger partial charge in [0.2, 0.25) is 0 Å². The Morgan fingerprint density at radius 1 is 1.33 bits per heavy atom. The van der Waals surface area contributed by atoms with Crippen molar-refractivity contribution in [1.29, 1.82) is 0 Å². The predicted molar refractivity (Wildman–Crippen MR) is 87.4 cm³/mol. The van der Waals surface area contributed by atoms with Crippen molar-refractivity contribution in [3.8, 4) is 5.75 Å². The maximum atomic E-state index is 11.5. The molecule has 1 heterocycles. The van der Waals surface area contributed by atoms with E-state index in [1.54, 1.807) is 0 Å². The van der Waals surface area contributed by atoms with Gasteiger partial charge >= 0.3 is 0 Å². The van der Waals surface area contributed by atoms with Crippen LogP contribution in [-0.4, -0.2) is 17.0 Å². The molecule has 0 aliphatic heterocycles. The molecule has 21 heavy (non-hydrogen) atoms. The summed E-state index contributed by atoms with van der Waals surface area (Å²) in [5.74, 6) is 0.840. The van der Waals surface area contributed by atoms with Gasteiger partial charge in [0.1, 0.15) is 5.75 Å². The van der Waals surface area contributed by atoms with Crippen molar-refractivity contribution in [3.63, 3.8) is 0 Å². The van der Waals surface area contributed by atoms with Gasteiger partial charge in [0.25, 0.3) is 0 Å². The molecule has 1 aromatic carbocycles. The fourth-order valence-corrected chi connectivity index (χ4v) is 2.63. The Morgan fingerprint density at radius 3 is 2.71 bits per heavy atom. The van der Waals surface area contributed by atoms with Gasteiger partial charge in [-0.05, 0) is 44.9 Å². The lowest BCUT2D eigenvalue weighted by molar-refractivity contribution is 0.112. The van der Waals surface area contributed by atoms with E-state index in [-0.39, 0.29) is 6.10 Å². The molecule has 114 valence electrons. The van der Waals surface area contributed by atoms with Gasteiger partial charge in [-0.3, -0.25) is 4.79 Å². The molecule has 2 rings (SSSR count). The number of ether oxygens (including phenoxy) is 1. The average Bonchev–Trinajstić information content (AvgIpc) is 2.75. The van der Waals surface area contributed by atoms with Crippen LogP contribution in [0.25, 0.3) is 10.9 Å². The third-order valence-electron chi connectivity index (χ3n) is 4.11. The van der Waals surface area contributed by atoms with Crippen molar-refractivity contribution in [3.05, 3.63) is 29.5 Å². The fourth-order valence-electron chi connectivity index (χ4n) is 2.63. The van der Waals surface area contributed by atoms with Gasteiger partial charge in [-0.25, -0.2) is 0 Å². The lowest BCUT2D eigenvalue weighted by Crippen LogP contribution is -2.09. The number of carbonyl (C=O) groups is 1. The van der Waals surface area contributed by atoms with Crippen molar-refractivity contribution in [2.45, 2.75) is 59.6 Å². The van der Waals surface area contributed by atoms with Crippen LogP contribution in [0.2, 0.25) is 0 Å². The Balaban J connectivity index is 2.48.